The van der Waals surface area contributed by atoms with E-state index < -0.39 is 0 Å². The van der Waals surface area contributed by atoms with E-state index >= 15 is 0 Å². The molecule has 122 valence electrons. The van der Waals surface area contributed by atoms with Crippen molar-refractivity contribution in [3.05, 3.63) is 43.4 Å². The summed E-state index contributed by atoms with van der Waals surface area (Å²) in [6.07, 6.45) is 0.762. The molecule has 0 aliphatic heterocycles. The average molecular weight is 415 g/mol. The molecule has 8 heteroatoms. The molecule has 0 bridgehead atoms. The Labute approximate surface area is 152 Å². The van der Waals surface area contributed by atoms with Gasteiger partial charge in [-0.3, -0.25) is 0 Å². The molecule has 3 aromatic heterocycles. The maximum atomic E-state index is 6.10. The number of hydrogen-bond acceptors (Lipinski definition) is 5. The van der Waals surface area contributed by atoms with Crippen LogP contribution in [0.3, 0.4) is 0 Å². The van der Waals surface area contributed by atoms with Crippen LogP contribution in [0.4, 0.5) is 5.82 Å². The van der Waals surface area contributed by atoms with Gasteiger partial charge in [0, 0.05) is 10.9 Å². The lowest BCUT2D eigenvalue weighted by molar-refractivity contribution is 0.730. The molecule has 0 spiro atoms. The molecule has 3 rings (SSSR count). The molecule has 3 aromatic rings. The van der Waals surface area contributed by atoms with Gasteiger partial charge in [-0.1, -0.05) is 6.07 Å². The van der Waals surface area contributed by atoms with E-state index in [-0.39, 0.29) is 11.3 Å². The van der Waals surface area contributed by atoms with Crippen LogP contribution in [0, 0.1) is 6.92 Å². The number of nitrogens with one attached hydrogen (secondary N) is 1. The first-order valence-corrected chi connectivity index (χ1v) is 9.27. The minimum Gasteiger partial charge on any atom is -0.363 e. The van der Waals surface area contributed by atoms with Gasteiger partial charge >= 0.3 is 0 Å². The second-order valence-corrected chi connectivity index (χ2v) is 7.62. The van der Waals surface area contributed by atoms with E-state index in [2.05, 4.69) is 49.7 Å². The van der Waals surface area contributed by atoms with Gasteiger partial charge in [-0.05, 0) is 70.4 Å². The maximum absolute atomic E-state index is 6.10. The molecular formula is C15H17BrClN5S. The molecule has 0 saturated carbocycles. The van der Waals surface area contributed by atoms with Crippen LogP contribution in [0.5, 0.6) is 0 Å². The van der Waals surface area contributed by atoms with E-state index in [1.54, 1.807) is 15.9 Å². The van der Waals surface area contributed by atoms with Gasteiger partial charge in [-0.2, -0.15) is 4.98 Å². The molecule has 0 fully saturated rings. The topological polar surface area (TPSA) is 68.2 Å². The van der Waals surface area contributed by atoms with Crippen molar-refractivity contribution in [3.8, 4) is 0 Å². The Balaban J connectivity index is 2.06. The molecule has 0 saturated heterocycles. The monoisotopic (exact) mass is 413 g/mol. The fourth-order valence-corrected chi connectivity index (χ4v) is 4.09. The van der Waals surface area contributed by atoms with Crippen molar-refractivity contribution >= 4 is 50.2 Å². The third kappa shape index (κ3) is 3.38. The number of aryl methyl sites for hydroxylation is 1. The van der Waals surface area contributed by atoms with Gasteiger partial charge in [-0.15, -0.1) is 16.4 Å². The zero-order valence-corrected chi connectivity index (χ0v) is 16.0. The molecule has 0 aliphatic carbocycles. The molecule has 0 amide bonds. The first-order chi connectivity index (χ1) is 11.0. The molecule has 3 heterocycles. The van der Waals surface area contributed by atoms with Gasteiger partial charge in [0.25, 0.3) is 0 Å². The van der Waals surface area contributed by atoms with Gasteiger partial charge in [-0.25, -0.2) is 4.52 Å². The summed E-state index contributed by atoms with van der Waals surface area (Å²) < 4.78 is 2.67. The Kier molecular flexibility index (Phi) is 4.91. The summed E-state index contributed by atoms with van der Waals surface area (Å²) in [4.78, 5) is 5.60. The van der Waals surface area contributed by atoms with Crippen molar-refractivity contribution in [2.75, 3.05) is 5.32 Å². The Bertz CT molecular complexity index is 828. The SMILES string of the molecule is Cc1c(C[C@H](C)N)c(Br)n2nc(Cl)nc(NCc3cccs3)c12. The van der Waals surface area contributed by atoms with E-state index in [4.69, 9.17) is 17.3 Å². The molecule has 0 unspecified atom stereocenters. The second kappa shape index (κ2) is 6.76. The summed E-state index contributed by atoms with van der Waals surface area (Å²) in [5.74, 6) is 0.729. The largest absolute Gasteiger partial charge is 0.363 e. The van der Waals surface area contributed by atoms with Crippen molar-refractivity contribution in [1.82, 2.24) is 14.6 Å². The fraction of sp³-hybridized carbons (Fsp3) is 0.333. The third-order valence-electron chi connectivity index (χ3n) is 3.60. The van der Waals surface area contributed by atoms with Crippen molar-refractivity contribution in [2.24, 2.45) is 5.73 Å². The van der Waals surface area contributed by atoms with E-state index in [1.165, 1.54) is 4.88 Å². The number of nitrogens with zero attached hydrogens (tertiary/aromatic N) is 3. The van der Waals surface area contributed by atoms with E-state index in [0.29, 0.717) is 6.54 Å². The highest BCUT2D eigenvalue weighted by molar-refractivity contribution is 9.10. The number of fused-ring (bicyclic) bond motifs is 1. The molecule has 3 N–H and O–H groups in total. The average Bonchev–Trinajstić information content (AvgIpc) is 3.08. The number of rotatable bonds is 5. The van der Waals surface area contributed by atoms with Crippen LogP contribution >= 0.6 is 38.9 Å². The van der Waals surface area contributed by atoms with Gasteiger partial charge < -0.3 is 11.1 Å². The number of nitrogens with two attached hydrogens (primary N) is 1. The Morgan fingerprint density at radius 3 is 2.96 bits per heavy atom. The summed E-state index contributed by atoms with van der Waals surface area (Å²) in [5, 5.41) is 9.94. The summed E-state index contributed by atoms with van der Waals surface area (Å²) >= 11 is 11.4. The highest BCUT2D eigenvalue weighted by atomic mass is 79.9. The smallest absolute Gasteiger partial charge is 0.243 e. The molecule has 5 nitrogen and oxygen atoms in total. The lowest BCUT2D eigenvalue weighted by Crippen LogP contribution is -2.18. The predicted octanol–water partition coefficient (Wildman–Crippen LogP) is 4.02. The summed E-state index contributed by atoms with van der Waals surface area (Å²) in [6.45, 7) is 4.75. The molecule has 0 radical (unpaired) electrons. The van der Waals surface area contributed by atoms with Gasteiger partial charge in [0.1, 0.15) is 10.1 Å². The first kappa shape index (κ1) is 16.7. The van der Waals surface area contributed by atoms with Gasteiger partial charge in [0.05, 0.1) is 6.54 Å². The lowest BCUT2D eigenvalue weighted by Gasteiger charge is -2.08. The van der Waals surface area contributed by atoms with Crippen LogP contribution in [-0.2, 0) is 13.0 Å². The fourth-order valence-electron chi connectivity index (χ4n) is 2.57. The molecule has 0 aliphatic rings. The van der Waals surface area contributed by atoms with Crippen LogP contribution in [0.15, 0.2) is 22.1 Å². The van der Waals surface area contributed by atoms with Crippen LogP contribution in [0.2, 0.25) is 5.28 Å². The zero-order valence-electron chi connectivity index (χ0n) is 12.8. The first-order valence-electron chi connectivity index (χ1n) is 7.22. The number of hydrogen-bond donors (Lipinski definition) is 2. The van der Waals surface area contributed by atoms with Crippen LogP contribution in [0.1, 0.15) is 22.9 Å². The Morgan fingerprint density at radius 1 is 1.52 bits per heavy atom. The lowest BCUT2D eigenvalue weighted by atomic mass is 10.1. The molecular weight excluding hydrogens is 398 g/mol. The van der Waals surface area contributed by atoms with E-state index in [0.717, 1.165) is 33.5 Å². The normalized spacial score (nSPS) is 12.7. The number of aromatic nitrogens is 3. The minimum absolute atomic E-state index is 0.0633. The standard InChI is InChI=1S/C15H17BrClN5S/c1-8(18)6-11-9(2)12-14(19-7-10-4-3-5-23-10)20-15(17)21-22(12)13(11)16/h3-5,8H,6-7,18H2,1-2H3,(H,19,20,21)/t8-/m0/s1. The number of thiophene rings is 1. The second-order valence-electron chi connectivity index (χ2n) is 5.50. The molecule has 23 heavy (non-hydrogen) atoms. The highest BCUT2D eigenvalue weighted by Crippen LogP contribution is 2.32. The zero-order chi connectivity index (χ0) is 16.6. The maximum Gasteiger partial charge on any atom is 0.243 e. The molecule has 0 aromatic carbocycles. The molecule has 1 atom stereocenters. The van der Waals surface area contributed by atoms with Gasteiger partial charge in [0.2, 0.25) is 5.28 Å². The summed E-state index contributed by atoms with van der Waals surface area (Å²) in [7, 11) is 0. The van der Waals surface area contributed by atoms with Crippen molar-refractivity contribution < 1.29 is 0 Å². The number of halogens is 2. The van der Waals surface area contributed by atoms with E-state index in [9.17, 15) is 0 Å². The third-order valence-corrected chi connectivity index (χ3v) is 5.45. The summed E-state index contributed by atoms with van der Waals surface area (Å²) in [5.41, 5.74) is 9.14. The quantitative estimate of drug-likeness (QED) is 0.662. The minimum atomic E-state index is 0.0633. The van der Waals surface area contributed by atoms with Crippen LogP contribution < -0.4 is 11.1 Å². The predicted molar refractivity (Wildman–Crippen MR) is 99.4 cm³/mol. The van der Waals surface area contributed by atoms with Crippen LogP contribution in [0.25, 0.3) is 5.52 Å². The number of anilines is 1. The Morgan fingerprint density at radius 2 is 2.30 bits per heavy atom. The van der Waals surface area contributed by atoms with Crippen molar-refractivity contribution in [2.45, 2.75) is 32.9 Å². The summed E-state index contributed by atoms with van der Waals surface area (Å²) in [6, 6.07) is 4.18. The van der Waals surface area contributed by atoms with Crippen LogP contribution in [-0.4, -0.2) is 20.6 Å². The van der Waals surface area contributed by atoms with Gasteiger partial charge in [0.15, 0.2) is 5.82 Å². The van der Waals surface area contributed by atoms with Crippen molar-refractivity contribution in [1.29, 1.82) is 0 Å². The Hall–Kier alpha value is -1.15. The van der Waals surface area contributed by atoms with E-state index in [1.807, 2.05) is 13.0 Å². The van der Waals surface area contributed by atoms with Crippen molar-refractivity contribution in [3.63, 3.8) is 0 Å². The highest BCUT2D eigenvalue weighted by Gasteiger charge is 2.20.